The lowest BCUT2D eigenvalue weighted by Crippen LogP contribution is -1.94. The molecule has 0 saturated carbocycles. The van der Waals surface area contributed by atoms with E-state index in [0.717, 1.165) is 4.90 Å². The zero-order valence-electron chi connectivity index (χ0n) is 10.3. The predicted molar refractivity (Wildman–Crippen MR) is 78.4 cm³/mol. The minimum atomic E-state index is -0.270. The number of anilines is 1. The Morgan fingerprint density at radius 3 is 2.79 bits per heavy atom. The minimum Gasteiger partial charge on any atom is -0.496 e. The lowest BCUT2D eigenvalue weighted by atomic mass is 10.2. The van der Waals surface area contributed by atoms with Crippen LogP contribution in [0.2, 0.25) is 5.02 Å². The van der Waals surface area contributed by atoms with E-state index in [-0.39, 0.29) is 5.82 Å². The molecule has 100 valence electrons. The molecule has 0 amide bonds. The predicted octanol–water partition coefficient (Wildman–Crippen LogP) is 4.36. The van der Waals surface area contributed by atoms with Crippen molar-refractivity contribution in [3.63, 3.8) is 0 Å². The molecule has 0 heterocycles. The lowest BCUT2D eigenvalue weighted by Gasteiger charge is -2.09. The summed E-state index contributed by atoms with van der Waals surface area (Å²) in [5, 5.41) is 0.521. The van der Waals surface area contributed by atoms with Gasteiger partial charge in [-0.05, 0) is 30.3 Å². The summed E-state index contributed by atoms with van der Waals surface area (Å²) in [5.74, 6) is 0.750. The van der Waals surface area contributed by atoms with E-state index in [2.05, 4.69) is 0 Å². The molecular weight excluding hydrogens is 285 g/mol. The zero-order valence-corrected chi connectivity index (χ0v) is 11.9. The SMILES string of the molecule is COc1cccc(F)c1CSc1ccc(Cl)c(N)c1. The van der Waals surface area contributed by atoms with Crippen molar-refractivity contribution in [2.45, 2.75) is 10.6 Å². The lowest BCUT2D eigenvalue weighted by molar-refractivity contribution is 0.406. The van der Waals surface area contributed by atoms with Crippen LogP contribution in [0.5, 0.6) is 5.75 Å². The van der Waals surface area contributed by atoms with E-state index in [4.69, 9.17) is 22.1 Å². The molecular formula is C14H13ClFNOS. The highest BCUT2D eigenvalue weighted by Crippen LogP contribution is 2.32. The van der Waals surface area contributed by atoms with E-state index in [1.807, 2.05) is 6.07 Å². The van der Waals surface area contributed by atoms with Crippen LogP contribution in [-0.2, 0) is 5.75 Å². The smallest absolute Gasteiger partial charge is 0.130 e. The third kappa shape index (κ3) is 3.33. The summed E-state index contributed by atoms with van der Waals surface area (Å²) in [6, 6.07) is 10.2. The maximum Gasteiger partial charge on any atom is 0.130 e. The average Bonchev–Trinajstić information content (AvgIpc) is 2.41. The molecule has 2 nitrogen and oxygen atoms in total. The Kier molecular flexibility index (Phi) is 4.56. The number of thioether (sulfide) groups is 1. The number of rotatable bonds is 4. The van der Waals surface area contributed by atoms with Gasteiger partial charge in [-0.25, -0.2) is 4.39 Å². The molecule has 5 heteroatoms. The Hall–Kier alpha value is -1.39. The van der Waals surface area contributed by atoms with Crippen molar-refractivity contribution >= 4 is 29.1 Å². The van der Waals surface area contributed by atoms with Crippen LogP contribution in [0.25, 0.3) is 0 Å². The van der Waals surface area contributed by atoms with Crippen LogP contribution in [0.4, 0.5) is 10.1 Å². The summed E-state index contributed by atoms with van der Waals surface area (Å²) < 4.78 is 18.9. The first-order valence-electron chi connectivity index (χ1n) is 5.61. The number of nitrogens with two attached hydrogens (primary N) is 1. The van der Waals surface area contributed by atoms with Gasteiger partial charge < -0.3 is 10.5 Å². The summed E-state index contributed by atoms with van der Waals surface area (Å²) >= 11 is 7.34. The highest BCUT2D eigenvalue weighted by Gasteiger charge is 2.09. The molecule has 0 aliphatic heterocycles. The van der Waals surface area contributed by atoms with Crippen LogP contribution in [-0.4, -0.2) is 7.11 Å². The van der Waals surface area contributed by atoms with E-state index >= 15 is 0 Å². The molecule has 0 aliphatic carbocycles. The largest absolute Gasteiger partial charge is 0.496 e. The minimum absolute atomic E-state index is 0.270. The number of hydrogen-bond donors (Lipinski definition) is 1. The first-order valence-corrected chi connectivity index (χ1v) is 6.97. The van der Waals surface area contributed by atoms with E-state index < -0.39 is 0 Å². The fourth-order valence-electron chi connectivity index (χ4n) is 1.64. The summed E-state index contributed by atoms with van der Waals surface area (Å²) in [6.07, 6.45) is 0. The Labute approximate surface area is 120 Å². The van der Waals surface area contributed by atoms with Crippen LogP contribution in [0.3, 0.4) is 0 Å². The monoisotopic (exact) mass is 297 g/mol. The molecule has 0 unspecified atom stereocenters. The molecule has 0 bridgehead atoms. The molecule has 0 aliphatic rings. The number of benzene rings is 2. The summed E-state index contributed by atoms with van der Waals surface area (Å²) in [5.41, 5.74) is 6.80. The van der Waals surface area contributed by atoms with E-state index in [0.29, 0.717) is 27.8 Å². The van der Waals surface area contributed by atoms with Gasteiger partial charge in [-0.1, -0.05) is 17.7 Å². The van der Waals surface area contributed by atoms with Gasteiger partial charge in [0.25, 0.3) is 0 Å². The molecule has 0 radical (unpaired) electrons. The summed E-state index contributed by atoms with van der Waals surface area (Å²) in [4.78, 5) is 0.937. The van der Waals surface area contributed by atoms with Crippen LogP contribution in [0.1, 0.15) is 5.56 Å². The first kappa shape index (κ1) is 14.0. The maximum atomic E-state index is 13.7. The molecule has 2 aromatic rings. The van der Waals surface area contributed by atoms with Crippen molar-refractivity contribution in [1.29, 1.82) is 0 Å². The van der Waals surface area contributed by atoms with Crippen molar-refractivity contribution in [1.82, 2.24) is 0 Å². The number of ether oxygens (including phenoxy) is 1. The highest BCUT2D eigenvalue weighted by atomic mass is 35.5. The first-order chi connectivity index (χ1) is 9.11. The molecule has 0 saturated heterocycles. The topological polar surface area (TPSA) is 35.2 Å². The highest BCUT2D eigenvalue weighted by molar-refractivity contribution is 7.98. The van der Waals surface area contributed by atoms with Crippen LogP contribution < -0.4 is 10.5 Å². The molecule has 2 rings (SSSR count). The third-order valence-electron chi connectivity index (χ3n) is 2.65. The normalized spacial score (nSPS) is 10.5. The van der Waals surface area contributed by atoms with Gasteiger partial charge in [0.15, 0.2) is 0 Å². The third-order valence-corrected chi connectivity index (χ3v) is 4.01. The summed E-state index contributed by atoms with van der Waals surface area (Å²) in [6.45, 7) is 0. The van der Waals surface area contributed by atoms with Gasteiger partial charge in [-0.15, -0.1) is 11.8 Å². The van der Waals surface area contributed by atoms with Crippen molar-refractivity contribution < 1.29 is 9.13 Å². The standard InChI is InChI=1S/C14H13ClFNOS/c1-18-14-4-2-3-12(16)10(14)8-19-9-5-6-11(15)13(17)7-9/h2-7H,8,17H2,1H3. The number of halogens is 2. The molecule has 0 aromatic heterocycles. The molecule has 2 N–H and O–H groups in total. The molecule has 0 spiro atoms. The zero-order chi connectivity index (χ0) is 13.8. The van der Waals surface area contributed by atoms with E-state index in [1.165, 1.54) is 24.9 Å². The summed E-state index contributed by atoms with van der Waals surface area (Å²) in [7, 11) is 1.53. The fourth-order valence-corrected chi connectivity index (χ4v) is 2.72. The van der Waals surface area contributed by atoms with Gasteiger partial charge in [-0.3, -0.25) is 0 Å². The van der Waals surface area contributed by atoms with Crippen molar-refractivity contribution in [2.24, 2.45) is 0 Å². The average molecular weight is 298 g/mol. The number of nitrogen functional groups attached to an aromatic ring is 1. The number of methoxy groups -OCH3 is 1. The Morgan fingerprint density at radius 1 is 1.32 bits per heavy atom. The van der Waals surface area contributed by atoms with E-state index in [1.54, 1.807) is 24.3 Å². The van der Waals surface area contributed by atoms with Crippen molar-refractivity contribution in [3.8, 4) is 5.75 Å². The van der Waals surface area contributed by atoms with Crippen LogP contribution in [0, 0.1) is 5.82 Å². The molecule has 2 aromatic carbocycles. The molecule has 19 heavy (non-hydrogen) atoms. The van der Waals surface area contributed by atoms with Gasteiger partial charge in [0, 0.05) is 16.2 Å². The van der Waals surface area contributed by atoms with Crippen molar-refractivity contribution in [3.05, 3.63) is 52.8 Å². The van der Waals surface area contributed by atoms with Gasteiger partial charge in [0.05, 0.1) is 17.8 Å². The van der Waals surface area contributed by atoms with Crippen LogP contribution >= 0.6 is 23.4 Å². The van der Waals surface area contributed by atoms with Gasteiger partial charge in [-0.2, -0.15) is 0 Å². The Morgan fingerprint density at radius 2 is 2.11 bits per heavy atom. The number of hydrogen-bond acceptors (Lipinski definition) is 3. The van der Waals surface area contributed by atoms with Gasteiger partial charge >= 0.3 is 0 Å². The molecule has 0 atom stereocenters. The quantitative estimate of drug-likeness (QED) is 0.672. The Balaban J connectivity index is 2.16. The van der Waals surface area contributed by atoms with Gasteiger partial charge in [0.2, 0.25) is 0 Å². The second kappa shape index (κ2) is 6.17. The maximum absolute atomic E-state index is 13.7. The van der Waals surface area contributed by atoms with Crippen molar-refractivity contribution in [2.75, 3.05) is 12.8 Å². The Bertz CT molecular complexity index is 592. The van der Waals surface area contributed by atoms with E-state index in [9.17, 15) is 4.39 Å². The second-order valence-electron chi connectivity index (χ2n) is 3.89. The molecule has 0 fully saturated rings. The second-order valence-corrected chi connectivity index (χ2v) is 5.35. The fraction of sp³-hybridized carbons (Fsp3) is 0.143. The van der Waals surface area contributed by atoms with Crippen LogP contribution in [0.15, 0.2) is 41.3 Å². The van der Waals surface area contributed by atoms with Gasteiger partial charge in [0.1, 0.15) is 11.6 Å².